The molecule has 25 heavy (non-hydrogen) atoms. The highest BCUT2D eigenvalue weighted by Crippen LogP contribution is 2.17. The number of hydrogen-bond acceptors (Lipinski definition) is 3. The molecule has 0 heterocycles. The Morgan fingerprint density at radius 1 is 1.16 bits per heavy atom. The number of rotatable bonds is 7. The number of carbonyl (C=O) groups excluding carboxylic acids is 2. The molecular weight excluding hydrogens is 340 g/mol. The molecule has 0 bridgehead atoms. The minimum Gasteiger partial charge on any atom is -0.342 e. The van der Waals surface area contributed by atoms with E-state index in [-0.39, 0.29) is 36.4 Å². The van der Waals surface area contributed by atoms with Crippen LogP contribution in [-0.2, 0) is 0 Å². The first kappa shape index (κ1) is 23.2. The normalized spacial score (nSPS) is 11.7. The van der Waals surface area contributed by atoms with Gasteiger partial charge in [-0.2, -0.15) is 0 Å². The van der Waals surface area contributed by atoms with E-state index < -0.39 is 0 Å². The lowest BCUT2D eigenvalue weighted by molar-refractivity contribution is 0.0790. The molecule has 4 N–H and O–H groups in total. The number of nitrogens with zero attached hydrogens (tertiary/aromatic N) is 1. The summed E-state index contributed by atoms with van der Waals surface area (Å²) in [4.78, 5) is 26.2. The number of nitrogens with two attached hydrogens (primary N) is 1. The monoisotopic (exact) mass is 370 g/mol. The standard InChI is InChI=1S/C18H30N4O2.ClH/c1-12(2)15(19)10-11-22(5)17(23)14-8-6-7-9-16(14)21-18(24)20-13(3)4;/h6-9,12-13,15H,10-11,19H2,1-5H3,(H2,20,21,24);1H. The van der Waals surface area contributed by atoms with Crippen molar-refractivity contribution in [3.8, 4) is 0 Å². The van der Waals surface area contributed by atoms with Crippen molar-refractivity contribution in [2.45, 2.75) is 46.2 Å². The van der Waals surface area contributed by atoms with Gasteiger partial charge in [-0.25, -0.2) is 4.79 Å². The lowest BCUT2D eigenvalue weighted by Crippen LogP contribution is -2.36. The molecule has 1 unspecified atom stereocenters. The number of urea groups is 1. The predicted octanol–water partition coefficient (Wildman–Crippen LogP) is 3.08. The summed E-state index contributed by atoms with van der Waals surface area (Å²) >= 11 is 0. The van der Waals surface area contributed by atoms with Crippen molar-refractivity contribution < 1.29 is 9.59 Å². The first-order valence-corrected chi connectivity index (χ1v) is 8.40. The maximum Gasteiger partial charge on any atom is 0.319 e. The molecule has 0 aliphatic carbocycles. The Morgan fingerprint density at radius 2 is 1.76 bits per heavy atom. The van der Waals surface area contributed by atoms with Gasteiger partial charge in [-0.3, -0.25) is 4.79 Å². The molecule has 0 fully saturated rings. The van der Waals surface area contributed by atoms with Crippen LogP contribution in [0.3, 0.4) is 0 Å². The molecule has 3 amide bonds. The second-order valence-corrected chi connectivity index (χ2v) is 6.72. The fraction of sp³-hybridized carbons (Fsp3) is 0.556. The average Bonchev–Trinajstić information content (AvgIpc) is 2.51. The van der Waals surface area contributed by atoms with E-state index in [1.165, 1.54) is 0 Å². The third-order valence-corrected chi connectivity index (χ3v) is 3.83. The molecule has 6 nitrogen and oxygen atoms in total. The molecule has 1 atom stereocenters. The molecule has 0 spiro atoms. The van der Waals surface area contributed by atoms with Gasteiger partial charge in [-0.15, -0.1) is 12.4 Å². The number of halogens is 1. The summed E-state index contributed by atoms with van der Waals surface area (Å²) in [6.45, 7) is 8.47. The summed E-state index contributed by atoms with van der Waals surface area (Å²) in [5, 5.41) is 5.49. The van der Waals surface area contributed by atoms with Gasteiger partial charge in [0.25, 0.3) is 5.91 Å². The Morgan fingerprint density at radius 3 is 2.32 bits per heavy atom. The van der Waals surface area contributed by atoms with Crippen molar-refractivity contribution in [2.24, 2.45) is 11.7 Å². The van der Waals surface area contributed by atoms with Crippen molar-refractivity contribution in [2.75, 3.05) is 18.9 Å². The SMILES string of the molecule is CC(C)NC(=O)Nc1ccccc1C(=O)N(C)CCC(N)C(C)C.Cl. The first-order valence-electron chi connectivity index (χ1n) is 8.40. The van der Waals surface area contributed by atoms with Gasteiger partial charge in [0.05, 0.1) is 11.3 Å². The molecular formula is C18H31ClN4O2. The maximum atomic E-state index is 12.7. The molecule has 0 aliphatic heterocycles. The van der Waals surface area contributed by atoms with E-state index in [0.717, 1.165) is 6.42 Å². The number of anilines is 1. The van der Waals surface area contributed by atoms with Crippen LogP contribution in [0.4, 0.5) is 10.5 Å². The van der Waals surface area contributed by atoms with Gasteiger partial charge in [0.1, 0.15) is 0 Å². The number of nitrogens with one attached hydrogen (secondary N) is 2. The van der Waals surface area contributed by atoms with Crippen molar-refractivity contribution in [3.63, 3.8) is 0 Å². The molecule has 142 valence electrons. The Kier molecular flexibility index (Phi) is 10.2. The summed E-state index contributed by atoms with van der Waals surface area (Å²) in [5.74, 6) is 0.244. The van der Waals surface area contributed by atoms with Crippen LogP contribution >= 0.6 is 12.4 Å². The largest absolute Gasteiger partial charge is 0.342 e. The topological polar surface area (TPSA) is 87.5 Å². The van der Waals surface area contributed by atoms with Crippen molar-refractivity contribution in [3.05, 3.63) is 29.8 Å². The van der Waals surface area contributed by atoms with E-state index in [2.05, 4.69) is 24.5 Å². The van der Waals surface area contributed by atoms with Crippen LogP contribution in [0.25, 0.3) is 0 Å². The second-order valence-electron chi connectivity index (χ2n) is 6.72. The lowest BCUT2D eigenvalue weighted by atomic mass is 10.0. The van der Waals surface area contributed by atoms with E-state index >= 15 is 0 Å². The van der Waals surface area contributed by atoms with Crippen LogP contribution in [-0.4, -0.2) is 42.5 Å². The third kappa shape index (κ3) is 7.75. The summed E-state index contributed by atoms with van der Waals surface area (Å²) in [6, 6.07) is 6.77. The van der Waals surface area contributed by atoms with Crippen LogP contribution in [0.15, 0.2) is 24.3 Å². The molecule has 0 aromatic heterocycles. The Labute approximate surface area is 156 Å². The van der Waals surface area contributed by atoms with Crippen molar-refractivity contribution in [1.29, 1.82) is 0 Å². The molecule has 1 rings (SSSR count). The summed E-state index contributed by atoms with van der Waals surface area (Å²) in [7, 11) is 1.75. The smallest absolute Gasteiger partial charge is 0.319 e. The average molecular weight is 371 g/mol. The Bertz CT molecular complexity index is 564. The molecule has 7 heteroatoms. The number of hydrogen-bond donors (Lipinski definition) is 3. The first-order chi connectivity index (χ1) is 11.2. The minimum absolute atomic E-state index is 0. The highest BCUT2D eigenvalue weighted by Gasteiger charge is 2.18. The number of amides is 3. The minimum atomic E-state index is -0.324. The van der Waals surface area contributed by atoms with Gasteiger partial charge < -0.3 is 21.3 Å². The van der Waals surface area contributed by atoms with Crippen LogP contribution in [0, 0.1) is 5.92 Å². The van der Waals surface area contributed by atoms with E-state index in [4.69, 9.17) is 5.73 Å². The zero-order valence-corrected chi connectivity index (χ0v) is 16.5. The molecule has 0 saturated heterocycles. The molecule has 0 aliphatic rings. The van der Waals surface area contributed by atoms with Crippen molar-refractivity contribution >= 4 is 30.0 Å². The summed E-state index contributed by atoms with van der Waals surface area (Å²) in [6.07, 6.45) is 0.739. The zero-order chi connectivity index (χ0) is 18.3. The van der Waals surface area contributed by atoms with Gasteiger partial charge >= 0.3 is 6.03 Å². The molecule has 1 aromatic rings. The second kappa shape index (κ2) is 10.9. The van der Waals surface area contributed by atoms with Gasteiger partial charge in [-0.05, 0) is 38.3 Å². The lowest BCUT2D eigenvalue weighted by Gasteiger charge is -2.22. The number of benzene rings is 1. The number of carbonyl (C=O) groups is 2. The van der Waals surface area contributed by atoms with Gasteiger partial charge in [0, 0.05) is 25.7 Å². The summed E-state index contributed by atoms with van der Waals surface area (Å²) < 4.78 is 0. The Hall–Kier alpha value is -1.79. The van der Waals surface area contributed by atoms with Gasteiger partial charge in [0.2, 0.25) is 0 Å². The van der Waals surface area contributed by atoms with E-state index in [9.17, 15) is 9.59 Å². The van der Waals surface area contributed by atoms with Crippen molar-refractivity contribution in [1.82, 2.24) is 10.2 Å². The third-order valence-electron chi connectivity index (χ3n) is 3.83. The van der Waals surface area contributed by atoms with Crippen LogP contribution in [0.5, 0.6) is 0 Å². The Balaban J connectivity index is 0.00000576. The fourth-order valence-corrected chi connectivity index (χ4v) is 2.18. The molecule has 0 radical (unpaired) electrons. The maximum absolute atomic E-state index is 12.7. The van der Waals surface area contributed by atoms with Crippen LogP contribution < -0.4 is 16.4 Å². The van der Waals surface area contributed by atoms with Gasteiger partial charge in [0.15, 0.2) is 0 Å². The van der Waals surface area contributed by atoms with E-state index in [1.54, 1.807) is 36.2 Å². The van der Waals surface area contributed by atoms with Gasteiger partial charge in [-0.1, -0.05) is 26.0 Å². The highest BCUT2D eigenvalue weighted by molar-refractivity contribution is 6.03. The van der Waals surface area contributed by atoms with Crippen LogP contribution in [0.1, 0.15) is 44.5 Å². The van der Waals surface area contributed by atoms with E-state index in [0.29, 0.717) is 23.7 Å². The quantitative estimate of drug-likeness (QED) is 0.689. The van der Waals surface area contributed by atoms with E-state index in [1.807, 2.05) is 13.8 Å². The number of para-hydroxylation sites is 1. The summed E-state index contributed by atoms with van der Waals surface area (Å²) in [5.41, 5.74) is 7.01. The molecule has 1 aromatic carbocycles. The zero-order valence-electron chi connectivity index (χ0n) is 15.7. The fourth-order valence-electron chi connectivity index (χ4n) is 2.18. The molecule has 0 saturated carbocycles. The predicted molar refractivity (Wildman–Crippen MR) is 105 cm³/mol. The van der Waals surface area contributed by atoms with Crippen LogP contribution in [0.2, 0.25) is 0 Å². The highest BCUT2D eigenvalue weighted by atomic mass is 35.5.